The Kier molecular flexibility index (Phi) is 4.34. The third kappa shape index (κ3) is 3.74. The molecule has 0 spiro atoms. The van der Waals surface area contributed by atoms with Crippen molar-refractivity contribution in [3.8, 4) is 23.0 Å². The fourth-order valence-corrected chi connectivity index (χ4v) is 2.00. The second-order valence-corrected chi connectivity index (χ2v) is 4.80. The molecule has 4 heteroatoms. The average molecular weight is 308 g/mol. The van der Waals surface area contributed by atoms with Crippen molar-refractivity contribution in [1.82, 2.24) is 0 Å². The van der Waals surface area contributed by atoms with Gasteiger partial charge in [0, 0.05) is 5.56 Å². The van der Waals surface area contributed by atoms with Gasteiger partial charge in [0.2, 0.25) is 0 Å². The average Bonchev–Trinajstić information content (AvgIpc) is 2.59. The van der Waals surface area contributed by atoms with Gasteiger partial charge in [-0.3, -0.25) is 4.79 Å². The molecule has 0 unspecified atom stereocenters. The molecule has 3 nitrogen and oxygen atoms in total. The third-order valence-corrected chi connectivity index (χ3v) is 3.12. The molecule has 0 aromatic heterocycles. The maximum atomic E-state index is 13.7. The maximum Gasteiger partial charge on any atom is 0.165 e. The molecule has 0 fully saturated rings. The summed E-state index contributed by atoms with van der Waals surface area (Å²) in [5.74, 6) is 1.30. The SMILES string of the molecule is O=Cc1ccc(F)c(Oc2ccc(Oc3ccccc3)cc2)c1. The maximum absolute atomic E-state index is 13.7. The second kappa shape index (κ2) is 6.75. The van der Waals surface area contributed by atoms with E-state index in [-0.39, 0.29) is 5.75 Å². The van der Waals surface area contributed by atoms with Crippen LogP contribution in [0.4, 0.5) is 4.39 Å². The predicted octanol–water partition coefficient (Wildman–Crippen LogP) is 5.22. The Hall–Kier alpha value is -3.14. The minimum atomic E-state index is -0.528. The lowest BCUT2D eigenvalue weighted by Crippen LogP contribution is -1.91. The molecule has 114 valence electrons. The van der Waals surface area contributed by atoms with E-state index in [1.165, 1.54) is 18.2 Å². The third-order valence-electron chi connectivity index (χ3n) is 3.12. The van der Waals surface area contributed by atoms with Crippen LogP contribution in [0.3, 0.4) is 0 Å². The van der Waals surface area contributed by atoms with Crippen molar-refractivity contribution in [1.29, 1.82) is 0 Å². The van der Waals surface area contributed by atoms with E-state index in [0.29, 0.717) is 23.3 Å². The Labute approximate surface area is 132 Å². The fourth-order valence-electron chi connectivity index (χ4n) is 2.00. The molecule has 0 bridgehead atoms. The highest BCUT2D eigenvalue weighted by molar-refractivity contribution is 5.75. The van der Waals surface area contributed by atoms with Gasteiger partial charge in [-0.2, -0.15) is 0 Å². The molecule has 3 aromatic carbocycles. The summed E-state index contributed by atoms with van der Waals surface area (Å²) in [4.78, 5) is 10.7. The molecule has 0 radical (unpaired) electrons. The van der Waals surface area contributed by atoms with Gasteiger partial charge < -0.3 is 9.47 Å². The molecule has 0 saturated carbocycles. The number of aldehydes is 1. The van der Waals surface area contributed by atoms with Crippen LogP contribution in [-0.2, 0) is 0 Å². The number of carbonyl (C=O) groups excluding carboxylic acids is 1. The zero-order valence-corrected chi connectivity index (χ0v) is 12.1. The molecule has 0 aliphatic rings. The summed E-state index contributed by atoms with van der Waals surface area (Å²) < 4.78 is 24.8. The molecule has 0 heterocycles. The number of ether oxygens (including phenoxy) is 2. The quantitative estimate of drug-likeness (QED) is 0.606. The van der Waals surface area contributed by atoms with E-state index in [1.807, 2.05) is 30.3 Å². The lowest BCUT2D eigenvalue weighted by molar-refractivity contribution is 0.112. The monoisotopic (exact) mass is 308 g/mol. The summed E-state index contributed by atoms with van der Waals surface area (Å²) >= 11 is 0. The van der Waals surface area contributed by atoms with E-state index >= 15 is 0 Å². The smallest absolute Gasteiger partial charge is 0.165 e. The van der Waals surface area contributed by atoms with Crippen LogP contribution in [0.5, 0.6) is 23.0 Å². The predicted molar refractivity (Wildman–Crippen MR) is 84.8 cm³/mol. The van der Waals surface area contributed by atoms with Crippen LogP contribution in [0.25, 0.3) is 0 Å². The number of halogens is 1. The molecule has 23 heavy (non-hydrogen) atoms. The number of carbonyl (C=O) groups is 1. The van der Waals surface area contributed by atoms with E-state index in [0.717, 1.165) is 5.75 Å². The first-order valence-electron chi connectivity index (χ1n) is 7.00. The van der Waals surface area contributed by atoms with E-state index in [2.05, 4.69) is 0 Å². The van der Waals surface area contributed by atoms with E-state index < -0.39 is 5.82 Å². The molecule has 0 amide bonds. The zero-order chi connectivity index (χ0) is 16.1. The fraction of sp³-hybridized carbons (Fsp3) is 0. The van der Waals surface area contributed by atoms with Crippen LogP contribution in [-0.4, -0.2) is 6.29 Å². The molecule has 3 aromatic rings. The molecule has 0 aliphatic carbocycles. The molecular formula is C19H13FO3. The van der Waals surface area contributed by atoms with Crippen LogP contribution in [0.1, 0.15) is 10.4 Å². The van der Waals surface area contributed by atoms with Gasteiger partial charge in [0.25, 0.3) is 0 Å². The minimum Gasteiger partial charge on any atom is -0.457 e. The van der Waals surface area contributed by atoms with Crippen molar-refractivity contribution in [2.45, 2.75) is 0 Å². The van der Waals surface area contributed by atoms with Crippen molar-refractivity contribution in [2.24, 2.45) is 0 Å². The Morgan fingerprint density at radius 2 is 1.35 bits per heavy atom. The molecule has 0 aliphatic heterocycles. The highest BCUT2D eigenvalue weighted by Gasteiger charge is 2.06. The van der Waals surface area contributed by atoms with Crippen molar-refractivity contribution < 1.29 is 18.7 Å². The summed E-state index contributed by atoms with van der Waals surface area (Å²) in [5, 5.41) is 0. The van der Waals surface area contributed by atoms with Gasteiger partial charge in [0.15, 0.2) is 11.6 Å². The number of hydrogen-bond donors (Lipinski definition) is 0. The summed E-state index contributed by atoms with van der Waals surface area (Å²) in [7, 11) is 0. The molecule has 3 rings (SSSR count). The van der Waals surface area contributed by atoms with Gasteiger partial charge in [0.1, 0.15) is 23.5 Å². The van der Waals surface area contributed by atoms with Crippen molar-refractivity contribution >= 4 is 6.29 Å². The zero-order valence-electron chi connectivity index (χ0n) is 12.1. The van der Waals surface area contributed by atoms with Gasteiger partial charge in [-0.1, -0.05) is 18.2 Å². The normalized spacial score (nSPS) is 10.1. The molecular weight excluding hydrogens is 295 g/mol. The first-order valence-corrected chi connectivity index (χ1v) is 7.00. The number of rotatable bonds is 5. The van der Waals surface area contributed by atoms with E-state index in [4.69, 9.17) is 9.47 Å². The highest BCUT2D eigenvalue weighted by Crippen LogP contribution is 2.28. The number of hydrogen-bond acceptors (Lipinski definition) is 3. The number of para-hydroxylation sites is 1. The van der Waals surface area contributed by atoms with Crippen molar-refractivity contribution in [2.75, 3.05) is 0 Å². The van der Waals surface area contributed by atoms with Crippen molar-refractivity contribution in [3.05, 3.63) is 84.2 Å². The standard InChI is InChI=1S/C19H13FO3/c20-18-11-6-14(13-21)12-19(18)23-17-9-7-16(8-10-17)22-15-4-2-1-3-5-15/h1-13H. The summed E-state index contributed by atoms with van der Waals surface area (Å²) in [6, 6.07) is 20.1. The van der Waals surface area contributed by atoms with E-state index in [9.17, 15) is 9.18 Å². The first kappa shape index (κ1) is 14.8. The van der Waals surface area contributed by atoms with Crippen LogP contribution in [0.2, 0.25) is 0 Å². The molecule has 0 N–H and O–H groups in total. The summed E-state index contributed by atoms with van der Waals surface area (Å²) in [6.07, 6.45) is 0.642. The van der Waals surface area contributed by atoms with Gasteiger partial charge in [0.05, 0.1) is 0 Å². The van der Waals surface area contributed by atoms with Gasteiger partial charge >= 0.3 is 0 Å². The Morgan fingerprint density at radius 1 is 0.739 bits per heavy atom. The van der Waals surface area contributed by atoms with Crippen LogP contribution >= 0.6 is 0 Å². The van der Waals surface area contributed by atoms with Gasteiger partial charge in [-0.25, -0.2) is 4.39 Å². The van der Waals surface area contributed by atoms with E-state index in [1.54, 1.807) is 24.3 Å². The summed E-state index contributed by atoms with van der Waals surface area (Å²) in [5.41, 5.74) is 0.352. The Morgan fingerprint density at radius 3 is 2.00 bits per heavy atom. The molecule has 0 saturated heterocycles. The lowest BCUT2D eigenvalue weighted by Gasteiger charge is -2.09. The minimum absolute atomic E-state index is 0.00586. The first-order chi connectivity index (χ1) is 11.2. The Bertz CT molecular complexity index is 799. The highest BCUT2D eigenvalue weighted by atomic mass is 19.1. The van der Waals surface area contributed by atoms with Gasteiger partial charge in [-0.05, 0) is 54.6 Å². The second-order valence-electron chi connectivity index (χ2n) is 4.80. The molecule has 0 atom stereocenters. The largest absolute Gasteiger partial charge is 0.457 e. The van der Waals surface area contributed by atoms with Crippen LogP contribution in [0, 0.1) is 5.82 Å². The topological polar surface area (TPSA) is 35.5 Å². The number of benzene rings is 3. The van der Waals surface area contributed by atoms with Crippen molar-refractivity contribution in [3.63, 3.8) is 0 Å². The lowest BCUT2D eigenvalue weighted by atomic mass is 10.2. The van der Waals surface area contributed by atoms with Gasteiger partial charge in [-0.15, -0.1) is 0 Å². The van der Waals surface area contributed by atoms with Crippen LogP contribution in [0.15, 0.2) is 72.8 Å². The van der Waals surface area contributed by atoms with Crippen LogP contribution < -0.4 is 9.47 Å². The summed E-state index contributed by atoms with van der Waals surface area (Å²) in [6.45, 7) is 0. The Balaban J connectivity index is 1.74.